The summed E-state index contributed by atoms with van der Waals surface area (Å²) in [6.07, 6.45) is 6.16. The molecule has 2 heterocycles. The summed E-state index contributed by atoms with van der Waals surface area (Å²) in [6, 6.07) is 1.06. The van der Waals surface area contributed by atoms with Crippen LogP contribution in [-0.4, -0.2) is 38.6 Å². The van der Waals surface area contributed by atoms with E-state index in [1.807, 2.05) is 6.20 Å². The first-order chi connectivity index (χ1) is 9.00. The topological polar surface area (TPSA) is 52.2 Å². The minimum Gasteiger partial charge on any atom is -0.506 e. The third kappa shape index (κ3) is 2.89. The number of nitrogens with zero attached hydrogens (tertiary/aromatic N) is 2. The molecule has 0 unspecified atom stereocenters. The average Bonchev–Trinajstić information content (AvgIpc) is 2.73. The smallest absolute Gasteiger partial charge is 0.143 e. The number of H-pyrrole nitrogens is 1. The minimum absolute atomic E-state index is 0.259. The molecule has 0 fully saturated rings. The Morgan fingerprint density at radius 2 is 1.89 bits per heavy atom. The van der Waals surface area contributed by atoms with Gasteiger partial charge in [0.1, 0.15) is 5.75 Å². The van der Waals surface area contributed by atoms with Crippen LogP contribution in [-0.2, 0) is 6.42 Å². The van der Waals surface area contributed by atoms with Gasteiger partial charge in [0.25, 0.3) is 0 Å². The fourth-order valence-corrected chi connectivity index (χ4v) is 2.69. The number of pyridine rings is 1. The first kappa shape index (κ1) is 13.9. The number of aromatic hydroxyl groups is 1. The molecule has 4 nitrogen and oxygen atoms in total. The fraction of sp³-hybridized carbons (Fsp3) is 0.533. The number of hydrogen-bond donors (Lipinski definition) is 2. The summed E-state index contributed by atoms with van der Waals surface area (Å²) in [7, 11) is 0. The summed E-state index contributed by atoms with van der Waals surface area (Å²) in [5.41, 5.74) is 2.05. The van der Waals surface area contributed by atoms with Gasteiger partial charge in [-0.05, 0) is 39.7 Å². The lowest BCUT2D eigenvalue weighted by atomic mass is 10.1. The first-order valence-electron chi connectivity index (χ1n) is 6.89. The Hall–Kier alpha value is -1.55. The van der Waals surface area contributed by atoms with Crippen LogP contribution in [0.15, 0.2) is 18.6 Å². The SMILES string of the molecule is CC(C)N(CCc1c[nH]c2cncc(O)c12)C(C)C. The van der Waals surface area contributed by atoms with Crippen LogP contribution in [0.2, 0.25) is 0 Å². The third-order valence-corrected chi connectivity index (χ3v) is 3.61. The Morgan fingerprint density at radius 1 is 1.21 bits per heavy atom. The maximum atomic E-state index is 9.93. The lowest BCUT2D eigenvalue weighted by Gasteiger charge is -2.30. The van der Waals surface area contributed by atoms with Crippen molar-refractivity contribution in [3.63, 3.8) is 0 Å². The van der Waals surface area contributed by atoms with Crippen molar-refractivity contribution in [2.24, 2.45) is 0 Å². The van der Waals surface area contributed by atoms with Crippen molar-refractivity contribution in [2.75, 3.05) is 6.54 Å². The molecule has 0 spiro atoms. The number of aromatic nitrogens is 2. The predicted molar refractivity (Wildman–Crippen MR) is 78.4 cm³/mol. The van der Waals surface area contributed by atoms with E-state index < -0.39 is 0 Å². The Labute approximate surface area is 114 Å². The fourth-order valence-electron chi connectivity index (χ4n) is 2.69. The van der Waals surface area contributed by atoms with Gasteiger partial charge in [0, 0.05) is 30.2 Å². The molecular weight excluding hydrogens is 238 g/mol. The normalized spacial score (nSPS) is 12.2. The van der Waals surface area contributed by atoms with Gasteiger partial charge in [0.05, 0.1) is 17.9 Å². The maximum absolute atomic E-state index is 9.93. The molecule has 0 aliphatic heterocycles. The van der Waals surface area contributed by atoms with Gasteiger partial charge in [-0.25, -0.2) is 0 Å². The lowest BCUT2D eigenvalue weighted by Crippen LogP contribution is -2.38. The number of hydrogen-bond acceptors (Lipinski definition) is 3. The molecule has 0 atom stereocenters. The average molecular weight is 261 g/mol. The summed E-state index contributed by atoms with van der Waals surface area (Å²) in [5.74, 6) is 0.259. The zero-order valence-corrected chi connectivity index (χ0v) is 12.1. The molecule has 0 bridgehead atoms. The van der Waals surface area contributed by atoms with Crippen molar-refractivity contribution in [3.8, 4) is 5.75 Å². The first-order valence-corrected chi connectivity index (χ1v) is 6.89. The van der Waals surface area contributed by atoms with E-state index in [2.05, 4.69) is 42.6 Å². The van der Waals surface area contributed by atoms with Crippen molar-refractivity contribution in [1.82, 2.24) is 14.9 Å². The molecule has 104 valence electrons. The highest BCUT2D eigenvalue weighted by atomic mass is 16.3. The zero-order valence-electron chi connectivity index (χ0n) is 12.1. The summed E-state index contributed by atoms with van der Waals surface area (Å²) in [6.45, 7) is 9.87. The monoisotopic (exact) mass is 261 g/mol. The van der Waals surface area contributed by atoms with Gasteiger partial charge in [-0.15, -0.1) is 0 Å². The van der Waals surface area contributed by atoms with Gasteiger partial charge in [-0.1, -0.05) is 0 Å². The molecule has 0 saturated heterocycles. The van der Waals surface area contributed by atoms with E-state index >= 15 is 0 Å². The molecule has 0 amide bonds. The molecule has 4 heteroatoms. The minimum atomic E-state index is 0.259. The molecule has 2 aromatic rings. The second-order valence-electron chi connectivity index (χ2n) is 5.57. The molecule has 2 N–H and O–H groups in total. The molecule has 0 radical (unpaired) electrons. The molecular formula is C15H23N3O. The number of fused-ring (bicyclic) bond motifs is 1. The Balaban J connectivity index is 2.18. The number of nitrogens with one attached hydrogen (secondary N) is 1. The molecule has 0 aromatic carbocycles. The van der Waals surface area contributed by atoms with Crippen LogP contribution in [0.1, 0.15) is 33.3 Å². The van der Waals surface area contributed by atoms with E-state index in [0.717, 1.165) is 29.4 Å². The van der Waals surface area contributed by atoms with Crippen LogP contribution in [0.4, 0.5) is 0 Å². The highest BCUT2D eigenvalue weighted by Crippen LogP contribution is 2.27. The van der Waals surface area contributed by atoms with Crippen LogP contribution in [0, 0.1) is 0 Å². The molecule has 0 saturated carbocycles. The van der Waals surface area contributed by atoms with Crippen molar-refractivity contribution in [3.05, 3.63) is 24.2 Å². The van der Waals surface area contributed by atoms with Crippen LogP contribution in [0.5, 0.6) is 5.75 Å². The van der Waals surface area contributed by atoms with E-state index in [1.165, 1.54) is 6.20 Å². The van der Waals surface area contributed by atoms with E-state index in [1.54, 1.807) is 6.20 Å². The summed E-state index contributed by atoms with van der Waals surface area (Å²) < 4.78 is 0. The van der Waals surface area contributed by atoms with E-state index in [0.29, 0.717) is 12.1 Å². The number of rotatable bonds is 5. The van der Waals surface area contributed by atoms with E-state index in [9.17, 15) is 5.11 Å². The lowest BCUT2D eigenvalue weighted by molar-refractivity contribution is 0.177. The molecule has 19 heavy (non-hydrogen) atoms. The van der Waals surface area contributed by atoms with Gasteiger partial charge in [0.2, 0.25) is 0 Å². The molecule has 0 aliphatic rings. The number of aromatic amines is 1. The van der Waals surface area contributed by atoms with Gasteiger partial charge >= 0.3 is 0 Å². The predicted octanol–water partition coefficient (Wildman–Crippen LogP) is 2.93. The maximum Gasteiger partial charge on any atom is 0.143 e. The zero-order chi connectivity index (χ0) is 14.0. The van der Waals surface area contributed by atoms with Crippen molar-refractivity contribution in [2.45, 2.75) is 46.2 Å². The van der Waals surface area contributed by atoms with Crippen molar-refractivity contribution < 1.29 is 5.11 Å². The van der Waals surface area contributed by atoms with Gasteiger partial charge in [-0.3, -0.25) is 9.88 Å². The second kappa shape index (κ2) is 5.61. The van der Waals surface area contributed by atoms with E-state index in [4.69, 9.17) is 0 Å². The largest absolute Gasteiger partial charge is 0.506 e. The Bertz CT molecular complexity index is 537. The van der Waals surface area contributed by atoms with Crippen LogP contribution >= 0.6 is 0 Å². The molecule has 2 aromatic heterocycles. The summed E-state index contributed by atoms with van der Waals surface area (Å²) >= 11 is 0. The van der Waals surface area contributed by atoms with Crippen molar-refractivity contribution >= 4 is 10.9 Å². The van der Waals surface area contributed by atoms with Crippen LogP contribution < -0.4 is 0 Å². The molecule has 2 rings (SSSR count). The highest BCUT2D eigenvalue weighted by molar-refractivity contribution is 5.88. The third-order valence-electron chi connectivity index (χ3n) is 3.61. The van der Waals surface area contributed by atoms with Gasteiger partial charge < -0.3 is 10.1 Å². The Kier molecular flexibility index (Phi) is 4.10. The van der Waals surface area contributed by atoms with E-state index in [-0.39, 0.29) is 5.75 Å². The Morgan fingerprint density at radius 3 is 2.53 bits per heavy atom. The van der Waals surface area contributed by atoms with Gasteiger partial charge in [-0.2, -0.15) is 0 Å². The van der Waals surface area contributed by atoms with Crippen LogP contribution in [0.3, 0.4) is 0 Å². The second-order valence-corrected chi connectivity index (χ2v) is 5.57. The van der Waals surface area contributed by atoms with Gasteiger partial charge in [0.15, 0.2) is 0 Å². The quantitative estimate of drug-likeness (QED) is 0.870. The molecule has 0 aliphatic carbocycles. The standard InChI is InChI=1S/C15H23N3O/c1-10(2)18(11(3)4)6-5-12-7-17-13-8-16-9-14(19)15(12)13/h7-11,17,19H,5-6H2,1-4H3. The summed E-state index contributed by atoms with van der Waals surface area (Å²) in [4.78, 5) is 9.61. The highest BCUT2D eigenvalue weighted by Gasteiger charge is 2.15. The summed E-state index contributed by atoms with van der Waals surface area (Å²) in [5, 5.41) is 10.8. The van der Waals surface area contributed by atoms with Crippen molar-refractivity contribution in [1.29, 1.82) is 0 Å². The van der Waals surface area contributed by atoms with Crippen LogP contribution in [0.25, 0.3) is 10.9 Å².